The highest BCUT2D eigenvalue weighted by Crippen LogP contribution is 2.24. The quantitative estimate of drug-likeness (QED) is 0.610. The topological polar surface area (TPSA) is 94.5 Å². The Morgan fingerprint density at radius 1 is 1.29 bits per heavy atom. The maximum Gasteiger partial charge on any atom is 0.240 e. The first kappa shape index (κ1) is 20.5. The van der Waals surface area contributed by atoms with Gasteiger partial charge in [0.05, 0.1) is 28.8 Å². The molecule has 0 fully saturated rings. The van der Waals surface area contributed by atoms with Crippen LogP contribution in [0.2, 0.25) is 10.0 Å². The van der Waals surface area contributed by atoms with E-state index >= 15 is 0 Å². The van der Waals surface area contributed by atoms with Gasteiger partial charge in [0.25, 0.3) is 0 Å². The standard InChI is InChI=1S/C19H21Cl2N5O2/c1-19(2,22)18(27)23-15(11-28-10-12-6-4-3-5-7-12)17-25-24-16-14(21)8-13(20)9-26(16)17/h3-9,15H,10-11,22H2,1-2H3,(H,23,27). The maximum absolute atomic E-state index is 12.5. The van der Waals surface area contributed by atoms with Crippen LogP contribution in [0, 0.1) is 0 Å². The molecular formula is C19H21Cl2N5O2. The van der Waals surface area contributed by atoms with Crippen LogP contribution < -0.4 is 11.1 Å². The molecule has 0 radical (unpaired) electrons. The van der Waals surface area contributed by atoms with E-state index in [1.54, 1.807) is 30.5 Å². The van der Waals surface area contributed by atoms with Gasteiger partial charge < -0.3 is 15.8 Å². The number of carbonyl (C=O) groups excluding carboxylic acids is 1. The van der Waals surface area contributed by atoms with Crippen molar-refractivity contribution in [2.24, 2.45) is 5.73 Å². The minimum atomic E-state index is -1.06. The highest BCUT2D eigenvalue weighted by atomic mass is 35.5. The molecule has 0 spiro atoms. The molecule has 1 amide bonds. The third kappa shape index (κ3) is 4.80. The molecule has 148 valence electrons. The Hall–Kier alpha value is -2.19. The van der Waals surface area contributed by atoms with Crippen LogP contribution in [0.25, 0.3) is 5.65 Å². The molecule has 3 rings (SSSR count). The van der Waals surface area contributed by atoms with Crippen molar-refractivity contribution in [1.82, 2.24) is 19.9 Å². The summed E-state index contributed by atoms with van der Waals surface area (Å²) >= 11 is 12.3. The van der Waals surface area contributed by atoms with Crippen molar-refractivity contribution in [3.8, 4) is 0 Å². The largest absolute Gasteiger partial charge is 0.374 e. The lowest BCUT2D eigenvalue weighted by atomic mass is 10.1. The Kier molecular flexibility index (Phi) is 6.20. The third-order valence-corrected chi connectivity index (χ3v) is 4.54. The Morgan fingerprint density at radius 3 is 2.68 bits per heavy atom. The summed E-state index contributed by atoms with van der Waals surface area (Å²) in [5.74, 6) is 0.107. The number of amides is 1. The molecule has 28 heavy (non-hydrogen) atoms. The minimum Gasteiger partial charge on any atom is -0.374 e. The van der Waals surface area contributed by atoms with E-state index in [0.29, 0.717) is 28.1 Å². The van der Waals surface area contributed by atoms with E-state index in [0.717, 1.165) is 5.56 Å². The fourth-order valence-corrected chi connectivity index (χ4v) is 3.08. The lowest BCUT2D eigenvalue weighted by Gasteiger charge is -2.23. The summed E-state index contributed by atoms with van der Waals surface area (Å²) in [4.78, 5) is 12.5. The number of rotatable bonds is 7. The highest BCUT2D eigenvalue weighted by Gasteiger charge is 2.28. The number of halogens is 2. The average molecular weight is 422 g/mol. The van der Waals surface area contributed by atoms with Crippen LogP contribution in [0.3, 0.4) is 0 Å². The number of fused-ring (bicyclic) bond motifs is 1. The molecule has 0 aliphatic carbocycles. The molecule has 1 atom stereocenters. The average Bonchev–Trinajstić information content (AvgIpc) is 3.05. The predicted octanol–water partition coefficient (Wildman–Crippen LogP) is 3.15. The summed E-state index contributed by atoms with van der Waals surface area (Å²) in [5, 5.41) is 12.0. The number of aromatic nitrogens is 3. The predicted molar refractivity (Wildman–Crippen MR) is 108 cm³/mol. The van der Waals surface area contributed by atoms with Gasteiger partial charge in [-0.2, -0.15) is 0 Å². The summed E-state index contributed by atoms with van der Waals surface area (Å²) in [6.07, 6.45) is 1.64. The fraction of sp³-hybridized carbons (Fsp3) is 0.316. The second kappa shape index (κ2) is 8.45. The number of nitrogens with two attached hydrogens (primary N) is 1. The van der Waals surface area contributed by atoms with Gasteiger partial charge in [0.15, 0.2) is 11.5 Å². The summed E-state index contributed by atoms with van der Waals surface area (Å²) in [5.41, 5.74) is 6.32. The van der Waals surface area contributed by atoms with Gasteiger partial charge in [-0.3, -0.25) is 9.20 Å². The van der Waals surface area contributed by atoms with E-state index in [1.807, 2.05) is 30.3 Å². The molecule has 3 N–H and O–H groups in total. The second-order valence-corrected chi connectivity index (χ2v) is 7.85. The highest BCUT2D eigenvalue weighted by molar-refractivity contribution is 6.36. The van der Waals surface area contributed by atoms with E-state index in [-0.39, 0.29) is 12.5 Å². The smallest absolute Gasteiger partial charge is 0.240 e. The number of benzene rings is 1. The van der Waals surface area contributed by atoms with E-state index < -0.39 is 11.6 Å². The van der Waals surface area contributed by atoms with Crippen LogP contribution in [0.5, 0.6) is 0 Å². The summed E-state index contributed by atoms with van der Waals surface area (Å²) in [6, 6.07) is 10.7. The number of carbonyl (C=O) groups is 1. The third-order valence-electron chi connectivity index (χ3n) is 4.05. The molecule has 0 bridgehead atoms. The van der Waals surface area contributed by atoms with Crippen LogP contribution in [0.1, 0.15) is 31.3 Å². The number of nitrogens with zero attached hydrogens (tertiary/aromatic N) is 3. The Labute approximate surface area is 172 Å². The molecule has 0 aliphatic rings. The van der Waals surface area contributed by atoms with E-state index in [4.69, 9.17) is 33.7 Å². The molecule has 1 aromatic carbocycles. The van der Waals surface area contributed by atoms with Crippen LogP contribution in [-0.2, 0) is 16.1 Å². The lowest BCUT2D eigenvalue weighted by Crippen LogP contribution is -2.50. The van der Waals surface area contributed by atoms with Gasteiger partial charge in [-0.05, 0) is 25.5 Å². The molecule has 2 aromatic heterocycles. The summed E-state index contributed by atoms with van der Waals surface area (Å²) in [7, 11) is 0. The molecular weight excluding hydrogens is 401 g/mol. The van der Waals surface area contributed by atoms with E-state index in [1.165, 1.54) is 0 Å². The molecule has 0 aliphatic heterocycles. The van der Waals surface area contributed by atoms with Crippen LogP contribution in [0.15, 0.2) is 42.6 Å². The van der Waals surface area contributed by atoms with Crippen LogP contribution >= 0.6 is 23.2 Å². The Bertz CT molecular complexity index is 970. The van der Waals surface area contributed by atoms with Gasteiger partial charge >= 0.3 is 0 Å². The van der Waals surface area contributed by atoms with E-state index in [9.17, 15) is 4.79 Å². The summed E-state index contributed by atoms with van der Waals surface area (Å²) < 4.78 is 7.47. The fourth-order valence-electron chi connectivity index (χ4n) is 2.57. The molecule has 9 heteroatoms. The van der Waals surface area contributed by atoms with Gasteiger partial charge in [0.2, 0.25) is 5.91 Å². The van der Waals surface area contributed by atoms with Gasteiger partial charge in [-0.15, -0.1) is 10.2 Å². The molecule has 0 saturated heterocycles. The molecule has 0 saturated carbocycles. The Morgan fingerprint density at radius 2 is 2.00 bits per heavy atom. The van der Waals surface area contributed by atoms with Gasteiger partial charge in [0, 0.05) is 6.20 Å². The second-order valence-electron chi connectivity index (χ2n) is 7.01. The Balaban J connectivity index is 1.86. The SMILES string of the molecule is CC(C)(N)C(=O)NC(COCc1ccccc1)c1nnc2c(Cl)cc(Cl)cn12. The van der Waals surface area contributed by atoms with E-state index in [2.05, 4.69) is 15.5 Å². The lowest BCUT2D eigenvalue weighted by molar-refractivity contribution is -0.126. The number of hydrogen-bond acceptors (Lipinski definition) is 5. The number of ether oxygens (including phenoxy) is 1. The van der Waals surface area contributed by atoms with Crippen molar-refractivity contribution in [2.75, 3.05) is 6.61 Å². The zero-order chi connectivity index (χ0) is 20.3. The van der Waals surface area contributed by atoms with Crippen LogP contribution in [-0.4, -0.2) is 32.7 Å². The van der Waals surface area contributed by atoms with Gasteiger partial charge in [0.1, 0.15) is 6.04 Å². The first-order valence-corrected chi connectivity index (χ1v) is 9.42. The van der Waals surface area contributed by atoms with Crippen molar-refractivity contribution >= 4 is 34.8 Å². The maximum atomic E-state index is 12.5. The van der Waals surface area contributed by atoms with Crippen LogP contribution in [0.4, 0.5) is 0 Å². The molecule has 3 aromatic rings. The normalized spacial score (nSPS) is 12.9. The summed E-state index contributed by atoms with van der Waals surface area (Å²) in [6.45, 7) is 3.80. The first-order chi connectivity index (χ1) is 13.3. The number of pyridine rings is 1. The van der Waals surface area contributed by atoms with Gasteiger partial charge in [-0.25, -0.2) is 0 Å². The first-order valence-electron chi connectivity index (χ1n) is 8.67. The van der Waals surface area contributed by atoms with Gasteiger partial charge in [-0.1, -0.05) is 53.5 Å². The van der Waals surface area contributed by atoms with Crippen molar-refractivity contribution in [3.63, 3.8) is 0 Å². The minimum absolute atomic E-state index is 0.168. The van der Waals surface area contributed by atoms with Crippen molar-refractivity contribution in [3.05, 3.63) is 64.0 Å². The zero-order valence-corrected chi connectivity index (χ0v) is 17.0. The van der Waals surface area contributed by atoms with Crippen molar-refractivity contribution < 1.29 is 9.53 Å². The zero-order valence-electron chi connectivity index (χ0n) is 15.5. The van der Waals surface area contributed by atoms with Crippen molar-refractivity contribution in [2.45, 2.75) is 32.0 Å². The molecule has 1 unspecified atom stereocenters. The number of hydrogen-bond donors (Lipinski definition) is 2. The monoisotopic (exact) mass is 421 g/mol. The number of nitrogens with one attached hydrogen (secondary N) is 1. The van der Waals surface area contributed by atoms with Crippen molar-refractivity contribution in [1.29, 1.82) is 0 Å². The molecule has 7 nitrogen and oxygen atoms in total. The molecule has 2 heterocycles.